The minimum Gasteiger partial charge on any atom is -0.508 e. The van der Waals surface area contributed by atoms with E-state index in [0.29, 0.717) is 18.8 Å². The highest BCUT2D eigenvalue weighted by Gasteiger charge is 2.56. The van der Waals surface area contributed by atoms with Gasteiger partial charge in [-0.1, -0.05) is 63.6 Å². The Kier molecular flexibility index (Phi) is 10.9. The zero-order chi connectivity index (χ0) is 30.3. The van der Waals surface area contributed by atoms with Gasteiger partial charge in [0, 0.05) is 23.8 Å². The number of ether oxygens (including phenoxy) is 1. The standard InChI is InChI=1S/C31H39F5O5/c1-29(22-12-14-23(37)15-13-22)20-41-27-19-24(38)16-17-25(27)26(29)11-7-5-3-2-4-6-9-21(28(39)40)10-8-18-30(32,33)31(34,35)36/h12-17,19,21,26,37-38H,2-11,18,20H2,1H3,(H,39,40). The monoisotopic (exact) mass is 586 g/mol. The number of aliphatic carboxylic acids is 1. The van der Waals surface area contributed by atoms with Gasteiger partial charge in [-0.05, 0) is 55.0 Å². The molecule has 2 aromatic rings. The third-order valence-electron chi connectivity index (χ3n) is 8.30. The van der Waals surface area contributed by atoms with Crippen LogP contribution in [0.15, 0.2) is 42.5 Å². The number of alkyl halides is 5. The summed E-state index contributed by atoms with van der Waals surface area (Å²) < 4.78 is 69.2. The van der Waals surface area contributed by atoms with Crippen LogP contribution >= 0.6 is 0 Å². The molecule has 0 radical (unpaired) electrons. The van der Waals surface area contributed by atoms with Crippen molar-refractivity contribution >= 4 is 5.97 Å². The van der Waals surface area contributed by atoms with Gasteiger partial charge in [0.1, 0.15) is 17.2 Å². The van der Waals surface area contributed by atoms with E-state index in [-0.39, 0.29) is 35.7 Å². The first-order valence-electron chi connectivity index (χ1n) is 14.2. The highest BCUT2D eigenvalue weighted by Crippen LogP contribution is 2.50. The third kappa shape index (κ3) is 8.49. The van der Waals surface area contributed by atoms with Gasteiger partial charge in [0.25, 0.3) is 0 Å². The number of carboxylic acids is 1. The lowest BCUT2D eigenvalue weighted by atomic mass is 9.66. The van der Waals surface area contributed by atoms with Crippen molar-refractivity contribution in [3.8, 4) is 17.2 Å². The number of phenolic OH excluding ortho intramolecular Hbond substituents is 2. The van der Waals surface area contributed by atoms with Crippen molar-refractivity contribution in [3.05, 3.63) is 53.6 Å². The fourth-order valence-corrected chi connectivity index (χ4v) is 5.76. The minimum atomic E-state index is -5.62. The Morgan fingerprint density at radius 3 is 2.12 bits per heavy atom. The topological polar surface area (TPSA) is 87.0 Å². The van der Waals surface area contributed by atoms with Crippen molar-refractivity contribution in [1.29, 1.82) is 0 Å². The van der Waals surface area contributed by atoms with E-state index in [4.69, 9.17) is 4.74 Å². The molecule has 10 heteroatoms. The van der Waals surface area contributed by atoms with E-state index in [0.717, 1.165) is 49.7 Å². The predicted octanol–water partition coefficient (Wildman–Crippen LogP) is 8.72. The van der Waals surface area contributed by atoms with Crippen LogP contribution in [0.2, 0.25) is 0 Å². The zero-order valence-corrected chi connectivity index (χ0v) is 23.2. The van der Waals surface area contributed by atoms with Crippen LogP contribution in [0.3, 0.4) is 0 Å². The average molecular weight is 587 g/mol. The van der Waals surface area contributed by atoms with Crippen LogP contribution in [0.5, 0.6) is 17.2 Å². The first-order chi connectivity index (χ1) is 19.2. The van der Waals surface area contributed by atoms with E-state index < -0.39 is 36.8 Å². The van der Waals surface area contributed by atoms with E-state index in [1.807, 2.05) is 18.2 Å². The highest BCUT2D eigenvalue weighted by atomic mass is 19.4. The van der Waals surface area contributed by atoms with Crippen molar-refractivity contribution in [2.24, 2.45) is 5.92 Å². The summed E-state index contributed by atoms with van der Waals surface area (Å²) in [5.74, 6) is -5.77. The van der Waals surface area contributed by atoms with Crippen LogP contribution in [0.25, 0.3) is 0 Å². The number of hydrogen-bond acceptors (Lipinski definition) is 4. The average Bonchev–Trinajstić information content (AvgIpc) is 2.89. The number of rotatable bonds is 15. The number of halogens is 5. The van der Waals surface area contributed by atoms with Crippen molar-refractivity contribution < 1.29 is 46.8 Å². The second-order valence-corrected chi connectivity index (χ2v) is 11.4. The molecular weight excluding hydrogens is 547 g/mol. The molecule has 2 aromatic carbocycles. The van der Waals surface area contributed by atoms with E-state index in [2.05, 4.69) is 6.92 Å². The SMILES string of the molecule is CC1(c2ccc(O)cc2)COc2cc(O)ccc2C1CCCCCCCCC(CCCC(F)(F)C(F)(F)F)C(=O)O. The van der Waals surface area contributed by atoms with Crippen LogP contribution < -0.4 is 4.74 Å². The summed E-state index contributed by atoms with van der Waals surface area (Å²) in [6.45, 7) is 2.57. The van der Waals surface area contributed by atoms with Crippen molar-refractivity contribution in [2.75, 3.05) is 6.61 Å². The fraction of sp³-hybridized carbons (Fsp3) is 0.581. The quantitative estimate of drug-likeness (QED) is 0.144. The van der Waals surface area contributed by atoms with Gasteiger partial charge >= 0.3 is 18.1 Å². The molecule has 3 rings (SSSR count). The molecule has 0 spiro atoms. The largest absolute Gasteiger partial charge is 0.508 e. The lowest BCUT2D eigenvalue weighted by Gasteiger charge is -2.43. The van der Waals surface area contributed by atoms with E-state index in [9.17, 15) is 42.1 Å². The molecule has 5 nitrogen and oxygen atoms in total. The number of fused-ring (bicyclic) bond motifs is 1. The molecule has 0 saturated carbocycles. The summed E-state index contributed by atoms with van der Waals surface area (Å²) in [5, 5.41) is 29.0. The van der Waals surface area contributed by atoms with Gasteiger partial charge < -0.3 is 20.1 Å². The molecule has 1 heterocycles. The van der Waals surface area contributed by atoms with Crippen LogP contribution in [-0.4, -0.2) is 40.0 Å². The smallest absolute Gasteiger partial charge is 0.453 e. The summed E-state index contributed by atoms with van der Waals surface area (Å²) in [6.07, 6.45) is -1.58. The number of carbonyl (C=O) groups is 1. The lowest BCUT2D eigenvalue weighted by molar-refractivity contribution is -0.284. The molecule has 1 aliphatic heterocycles. The van der Waals surface area contributed by atoms with Crippen LogP contribution in [0, 0.1) is 5.92 Å². The zero-order valence-electron chi connectivity index (χ0n) is 23.2. The molecule has 3 atom stereocenters. The van der Waals surface area contributed by atoms with Crippen molar-refractivity contribution in [2.45, 2.75) is 101 Å². The van der Waals surface area contributed by atoms with Gasteiger partial charge in [-0.3, -0.25) is 4.79 Å². The molecule has 0 aliphatic carbocycles. The second kappa shape index (κ2) is 13.7. The molecule has 0 amide bonds. The van der Waals surface area contributed by atoms with Crippen LogP contribution in [-0.2, 0) is 10.2 Å². The Morgan fingerprint density at radius 2 is 1.49 bits per heavy atom. The molecule has 1 aliphatic rings. The molecule has 3 unspecified atom stereocenters. The normalized spacial score (nSPS) is 19.8. The Hall–Kier alpha value is -3.04. The fourth-order valence-electron chi connectivity index (χ4n) is 5.76. The third-order valence-corrected chi connectivity index (χ3v) is 8.30. The summed E-state index contributed by atoms with van der Waals surface area (Å²) in [7, 11) is 0. The maximum Gasteiger partial charge on any atom is 0.453 e. The summed E-state index contributed by atoms with van der Waals surface area (Å²) in [6, 6.07) is 12.3. The molecule has 3 N–H and O–H groups in total. The van der Waals surface area contributed by atoms with Crippen molar-refractivity contribution in [3.63, 3.8) is 0 Å². The molecular formula is C31H39F5O5. The maximum absolute atomic E-state index is 13.1. The van der Waals surface area contributed by atoms with Gasteiger partial charge in [0.15, 0.2) is 0 Å². The summed E-state index contributed by atoms with van der Waals surface area (Å²) in [4.78, 5) is 11.4. The number of carboxylic acid groups (broad SMARTS) is 1. The van der Waals surface area contributed by atoms with Crippen LogP contribution in [0.4, 0.5) is 22.0 Å². The molecule has 0 bridgehead atoms. The van der Waals surface area contributed by atoms with E-state index in [1.165, 1.54) is 0 Å². The number of phenols is 2. The van der Waals surface area contributed by atoms with Crippen LogP contribution in [0.1, 0.15) is 94.6 Å². The highest BCUT2D eigenvalue weighted by molar-refractivity contribution is 5.69. The van der Waals surface area contributed by atoms with Gasteiger partial charge in [0.05, 0.1) is 12.5 Å². The molecule has 0 aromatic heterocycles. The first kappa shape index (κ1) is 32.5. The Labute approximate surface area is 237 Å². The number of unbranched alkanes of at least 4 members (excludes halogenated alkanes) is 5. The first-order valence-corrected chi connectivity index (χ1v) is 14.2. The van der Waals surface area contributed by atoms with Gasteiger partial charge in [-0.25, -0.2) is 0 Å². The Bertz CT molecular complexity index is 1130. The summed E-state index contributed by atoms with van der Waals surface area (Å²) >= 11 is 0. The number of benzene rings is 2. The van der Waals surface area contributed by atoms with E-state index >= 15 is 0 Å². The Morgan fingerprint density at radius 1 is 0.902 bits per heavy atom. The predicted molar refractivity (Wildman–Crippen MR) is 145 cm³/mol. The molecule has 41 heavy (non-hydrogen) atoms. The molecule has 0 fully saturated rings. The van der Waals surface area contributed by atoms with Gasteiger partial charge in [0.2, 0.25) is 0 Å². The number of hydrogen-bond donors (Lipinski definition) is 3. The van der Waals surface area contributed by atoms with Gasteiger partial charge in [-0.15, -0.1) is 0 Å². The van der Waals surface area contributed by atoms with Crippen molar-refractivity contribution in [1.82, 2.24) is 0 Å². The minimum absolute atomic E-state index is 0.123. The number of aromatic hydroxyl groups is 2. The maximum atomic E-state index is 13.1. The summed E-state index contributed by atoms with van der Waals surface area (Å²) in [5.41, 5.74) is 1.74. The Balaban J connectivity index is 1.45. The molecule has 228 valence electrons. The molecule has 0 saturated heterocycles. The van der Waals surface area contributed by atoms with Gasteiger partial charge in [-0.2, -0.15) is 22.0 Å². The second-order valence-electron chi connectivity index (χ2n) is 11.4. The van der Waals surface area contributed by atoms with E-state index in [1.54, 1.807) is 24.3 Å². The lowest BCUT2D eigenvalue weighted by Crippen LogP contribution is -2.40.